The number of hydrogen-bond acceptors (Lipinski definition) is 4. The molecule has 0 bridgehead atoms. The fourth-order valence-electron chi connectivity index (χ4n) is 2.78. The van der Waals surface area contributed by atoms with Crippen molar-refractivity contribution in [3.05, 3.63) is 29.3 Å². The molecule has 2 rings (SSSR count). The summed E-state index contributed by atoms with van der Waals surface area (Å²) in [7, 11) is 3.94. The molecule has 1 aliphatic rings. The second-order valence-corrected chi connectivity index (χ2v) is 5.78. The third kappa shape index (κ3) is 2.94. The molecular weight excluding hydrogens is 254 g/mol. The van der Waals surface area contributed by atoms with Crippen LogP contribution in [0, 0.1) is 6.92 Å². The largest absolute Gasteiger partial charge is 0.398 e. The number of likely N-dealkylation sites (tertiary alicyclic amines) is 1. The average molecular weight is 277 g/mol. The normalized spacial score (nSPS) is 22.6. The van der Waals surface area contributed by atoms with E-state index in [-0.39, 0.29) is 11.9 Å². The van der Waals surface area contributed by atoms with Crippen LogP contribution in [0.25, 0.3) is 0 Å². The maximum Gasteiger partial charge on any atom is 0.254 e. The van der Waals surface area contributed by atoms with E-state index >= 15 is 0 Å². The highest BCUT2D eigenvalue weighted by atomic mass is 16.3. The first-order chi connectivity index (χ1) is 9.40. The number of likely N-dealkylation sites (N-methyl/N-ethyl adjacent to an activating group) is 1. The third-order valence-electron chi connectivity index (χ3n) is 3.84. The molecule has 0 spiro atoms. The van der Waals surface area contributed by atoms with Crippen molar-refractivity contribution < 1.29 is 9.90 Å². The SMILES string of the molecule is Cc1c(N)cccc1C(=O)N1CC(O)CC1CN(C)C. The molecule has 0 aromatic heterocycles. The van der Waals surface area contributed by atoms with Crippen LogP contribution in [-0.4, -0.2) is 60.1 Å². The quantitative estimate of drug-likeness (QED) is 0.799. The minimum Gasteiger partial charge on any atom is -0.398 e. The molecule has 0 aliphatic carbocycles. The summed E-state index contributed by atoms with van der Waals surface area (Å²) in [5.41, 5.74) is 7.93. The van der Waals surface area contributed by atoms with Crippen LogP contribution in [0.5, 0.6) is 0 Å². The first kappa shape index (κ1) is 14.8. The van der Waals surface area contributed by atoms with Crippen LogP contribution in [0.15, 0.2) is 18.2 Å². The van der Waals surface area contributed by atoms with Crippen molar-refractivity contribution in [2.24, 2.45) is 0 Å². The molecular formula is C15H23N3O2. The van der Waals surface area contributed by atoms with Crippen LogP contribution < -0.4 is 5.73 Å². The number of benzene rings is 1. The summed E-state index contributed by atoms with van der Waals surface area (Å²) in [5, 5.41) is 9.87. The maximum absolute atomic E-state index is 12.7. The fourth-order valence-corrected chi connectivity index (χ4v) is 2.78. The van der Waals surface area contributed by atoms with Gasteiger partial charge < -0.3 is 20.6 Å². The van der Waals surface area contributed by atoms with Gasteiger partial charge in [-0.25, -0.2) is 0 Å². The van der Waals surface area contributed by atoms with Crippen LogP contribution in [0.2, 0.25) is 0 Å². The van der Waals surface area contributed by atoms with Gasteiger partial charge in [0.25, 0.3) is 5.91 Å². The number of carbonyl (C=O) groups is 1. The first-order valence-corrected chi connectivity index (χ1v) is 6.89. The van der Waals surface area contributed by atoms with Crippen molar-refractivity contribution in [3.63, 3.8) is 0 Å². The van der Waals surface area contributed by atoms with E-state index < -0.39 is 6.10 Å². The summed E-state index contributed by atoms with van der Waals surface area (Å²) in [4.78, 5) is 16.5. The molecule has 5 heteroatoms. The zero-order valence-corrected chi connectivity index (χ0v) is 12.3. The maximum atomic E-state index is 12.7. The number of hydrogen-bond donors (Lipinski definition) is 2. The van der Waals surface area contributed by atoms with Gasteiger partial charge in [-0.15, -0.1) is 0 Å². The van der Waals surface area contributed by atoms with Crippen molar-refractivity contribution >= 4 is 11.6 Å². The molecule has 0 radical (unpaired) electrons. The minimum atomic E-state index is -0.440. The molecule has 1 aromatic carbocycles. The van der Waals surface area contributed by atoms with Crippen LogP contribution in [0.1, 0.15) is 22.3 Å². The number of anilines is 1. The predicted molar refractivity (Wildman–Crippen MR) is 79.6 cm³/mol. The molecule has 1 saturated heterocycles. The standard InChI is InChI=1S/C15H23N3O2/c1-10-13(5-4-6-14(10)16)15(20)18-9-12(19)7-11(18)8-17(2)3/h4-6,11-12,19H,7-9,16H2,1-3H3. The molecule has 1 aliphatic heterocycles. The number of amides is 1. The molecule has 2 unspecified atom stereocenters. The van der Waals surface area contributed by atoms with Crippen LogP contribution in [-0.2, 0) is 0 Å². The second-order valence-electron chi connectivity index (χ2n) is 5.78. The summed E-state index contributed by atoms with van der Waals surface area (Å²) in [6.07, 6.45) is 0.191. The van der Waals surface area contributed by atoms with Crippen molar-refractivity contribution in [3.8, 4) is 0 Å². The third-order valence-corrected chi connectivity index (χ3v) is 3.84. The van der Waals surface area contributed by atoms with E-state index in [0.717, 1.165) is 12.1 Å². The van der Waals surface area contributed by atoms with E-state index in [2.05, 4.69) is 0 Å². The van der Waals surface area contributed by atoms with Crippen molar-refractivity contribution in [2.45, 2.75) is 25.5 Å². The monoisotopic (exact) mass is 277 g/mol. The van der Waals surface area contributed by atoms with E-state index in [1.54, 1.807) is 23.1 Å². The number of aliphatic hydroxyl groups is 1. The molecule has 1 heterocycles. The summed E-state index contributed by atoms with van der Waals surface area (Å²) in [6, 6.07) is 5.44. The highest BCUT2D eigenvalue weighted by molar-refractivity contribution is 5.97. The Morgan fingerprint density at radius 1 is 1.50 bits per heavy atom. The lowest BCUT2D eigenvalue weighted by Gasteiger charge is -2.27. The van der Waals surface area contributed by atoms with Crippen LogP contribution in [0.4, 0.5) is 5.69 Å². The summed E-state index contributed by atoms with van der Waals surface area (Å²) >= 11 is 0. The Balaban J connectivity index is 2.24. The van der Waals surface area contributed by atoms with Crippen LogP contribution >= 0.6 is 0 Å². The topological polar surface area (TPSA) is 69.8 Å². The number of nitrogens with zero attached hydrogens (tertiary/aromatic N) is 2. The molecule has 1 aromatic rings. The van der Waals surface area contributed by atoms with E-state index in [9.17, 15) is 9.90 Å². The van der Waals surface area contributed by atoms with Gasteiger partial charge >= 0.3 is 0 Å². The lowest BCUT2D eigenvalue weighted by atomic mass is 10.1. The molecule has 1 amide bonds. The fraction of sp³-hybridized carbons (Fsp3) is 0.533. The molecule has 3 N–H and O–H groups in total. The van der Waals surface area contributed by atoms with Gasteiger partial charge in [-0.05, 0) is 45.1 Å². The number of rotatable bonds is 3. The summed E-state index contributed by atoms with van der Waals surface area (Å²) in [6.45, 7) is 3.01. The lowest BCUT2D eigenvalue weighted by molar-refractivity contribution is 0.0698. The average Bonchev–Trinajstić information content (AvgIpc) is 2.72. The molecule has 1 fully saturated rings. The predicted octanol–water partition coefficient (Wildman–Crippen LogP) is 0.714. The molecule has 5 nitrogen and oxygen atoms in total. The Labute approximate surface area is 120 Å². The van der Waals surface area contributed by atoms with Crippen LogP contribution in [0.3, 0.4) is 0 Å². The van der Waals surface area contributed by atoms with Crippen molar-refractivity contribution in [1.82, 2.24) is 9.80 Å². The van der Waals surface area contributed by atoms with E-state index in [4.69, 9.17) is 5.73 Å². The molecule has 2 atom stereocenters. The highest BCUT2D eigenvalue weighted by Crippen LogP contribution is 2.24. The van der Waals surface area contributed by atoms with Gasteiger partial charge in [0.15, 0.2) is 0 Å². The van der Waals surface area contributed by atoms with E-state index in [1.807, 2.05) is 25.9 Å². The Morgan fingerprint density at radius 2 is 2.20 bits per heavy atom. The van der Waals surface area contributed by atoms with Gasteiger partial charge in [-0.3, -0.25) is 4.79 Å². The number of β-amino-alcohol motifs (C(OH)–C–C–N with tert-alkyl or cyclic N) is 1. The number of nitrogen functional groups attached to an aromatic ring is 1. The summed E-state index contributed by atoms with van der Waals surface area (Å²) < 4.78 is 0. The Bertz CT molecular complexity index is 502. The molecule has 20 heavy (non-hydrogen) atoms. The number of carbonyl (C=O) groups excluding carboxylic acids is 1. The minimum absolute atomic E-state index is 0.0433. The number of nitrogens with two attached hydrogens (primary N) is 1. The summed E-state index contributed by atoms with van der Waals surface area (Å²) in [5.74, 6) is -0.0433. The molecule has 0 saturated carbocycles. The Morgan fingerprint density at radius 3 is 2.85 bits per heavy atom. The van der Waals surface area contributed by atoms with Gasteiger partial charge in [0.05, 0.1) is 6.10 Å². The van der Waals surface area contributed by atoms with E-state index in [1.165, 1.54) is 0 Å². The van der Waals surface area contributed by atoms with Gasteiger partial charge in [0.2, 0.25) is 0 Å². The number of aliphatic hydroxyl groups excluding tert-OH is 1. The van der Waals surface area contributed by atoms with E-state index in [0.29, 0.717) is 24.2 Å². The first-order valence-electron chi connectivity index (χ1n) is 6.89. The lowest BCUT2D eigenvalue weighted by Crippen LogP contribution is -2.41. The zero-order valence-electron chi connectivity index (χ0n) is 12.3. The zero-order chi connectivity index (χ0) is 14.9. The van der Waals surface area contributed by atoms with Gasteiger partial charge in [0.1, 0.15) is 0 Å². The van der Waals surface area contributed by atoms with Crippen molar-refractivity contribution in [2.75, 3.05) is 32.9 Å². The smallest absolute Gasteiger partial charge is 0.254 e. The second kappa shape index (κ2) is 5.81. The molecule has 110 valence electrons. The Kier molecular flexibility index (Phi) is 4.30. The highest BCUT2D eigenvalue weighted by Gasteiger charge is 2.35. The van der Waals surface area contributed by atoms with Gasteiger partial charge in [-0.2, -0.15) is 0 Å². The van der Waals surface area contributed by atoms with Crippen molar-refractivity contribution in [1.29, 1.82) is 0 Å². The van der Waals surface area contributed by atoms with Gasteiger partial charge in [-0.1, -0.05) is 6.07 Å². The Hall–Kier alpha value is -1.59. The van der Waals surface area contributed by atoms with Gasteiger partial charge in [0, 0.05) is 30.4 Å².